The van der Waals surface area contributed by atoms with Gasteiger partial charge in [0.15, 0.2) is 0 Å². The second-order valence-corrected chi connectivity index (χ2v) is 5.90. The fraction of sp³-hybridized carbons (Fsp3) is 0.769. The molecule has 5 nitrogen and oxygen atoms in total. The van der Waals surface area contributed by atoms with Crippen molar-refractivity contribution in [3.05, 3.63) is 5.82 Å². The van der Waals surface area contributed by atoms with E-state index in [1.165, 1.54) is 24.4 Å². The van der Waals surface area contributed by atoms with Gasteiger partial charge in [-0.15, -0.1) is 0 Å². The van der Waals surface area contributed by atoms with Crippen molar-refractivity contribution >= 4 is 22.6 Å². The zero-order chi connectivity index (χ0) is 13.2. The summed E-state index contributed by atoms with van der Waals surface area (Å²) in [6, 6.07) is -0.172. The number of ether oxygens (including phenoxy) is 1. The van der Waals surface area contributed by atoms with Crippen molar-refractivity contribution in [3.63, 3.8) is 0 Å². The lowest BCUT2D eigenvalue weighted by molar-refractivity contribution is -0.145. The second-order valence-electron chi connectivity index (χ2n) is 5.17. The van der Waals surface area contributed by atoms with Crippen LogP contribution in [0.5, 0.6) is 0 Å². The van der Waals surface area contributed by atoms with Crippen LogP contribution in [-0.2, 0) is 9.53 Å². The Balaban J connectivity index is 1.76. The van der Waals surface area contributed by atoms with Crippen molar-refractivity contribution in [1.82, 2.24) is 9.36 Å². The van der Waals surface area contributed by atoms with Crippen molar-refractivity contribution in [2.75, 3.05) is 18.1 Å². The summed E-state index contributed by atoms with van der Waals surface area (Å²) in [6.07, 6.45) is 5.45. The average molecular weight is 281 g/mol. The van der Waals surface area contributed by atoms with Crippen LogP contribution in [0.15, 0.2) is 0 Å². The predicted molar refractivity (Wildman–Crippen MR) is 73.5 cm³/mol. The van der Waals surface area contributed by atoms with Crippen molar-refractivity contribution in [2.45, 2.75) is 51.0 Å². The van der Waals surface area contributed by atoms with Gasteiger partial charge in [0.2, 0.25) is 5.13 Å². The molecule has 2 fully saturated rings. The van der Waals surface area contributed by atoms with Crippen LogP contribution >= 0.6 is 11.5 Å². The normalized spacial score (nSPS) is 23.4. The molecule has 0 amide bonds. The number of nitrogens with zero attached hydrogens (tertiary/aromatic N) is 3. The van der Waals surface area contributed by atoms with Gasteiger partial charge in [-0.3, -0.25) is 0 Å². The number of hydrogen-bond donors (Lipinski definition) is 0. The molecule has 1 aromatic rings. The van der Waals surface area contributed by atoms with Gasteiger partial charge in [0.05, 0.1) is 6.61 Å². The molecule has 0 bridgehead atoms. The van der Waals surface area contributed by atoms with Crippen molar-refractivity contribution < 1.29 is 9.53 Å². The number of carbonyl (C=O) groups excluding carboxylic acids is 1. The Bertz CT molecular complexity index is 458. The average Bonchev–Trinajstić information content (AvgIpc) is 3.17. The fourth-order valence-electron chi connectivity index (χ4n) is 2.49. The minimum atomic E-state index is -0.172. The van der Waals surface area contributed by atoms with Gasteiger partial charge >= 0.3 is 5.97 Å². The summed E-state index contributed by atoms with van der Waals surface area (Å²) in [5.41, 5.74) is 0. The molecule has 1 saturated heterocycles. The lowest BCUT2D eigenvalue weighted by atomic mass is 10.0. The van der Waals surface area contributed by atoms with Gasteiger partial charge in [0.25, 0.3) is 0 Å². The standard InChI is InChI=1S/C13H19N3O2S/c1-2-18-12(17)10-5-3-4-8-16(10)13-14-11(15-19-13)9-6-7-9/h9-10H,2-8H2,1H3. The highest BCUT2D eigenvalue weighted by Crippen LogP contribution is 2.40. The molecule has 1 atom stereocenters. The van der Waals surface area contributed by atoms with Crippen LogP contribution in [0.4, 0.5) is 5.13 Å². The molecular weight excluding hydrogens is 262 g/mol. The zero-order valence-corrected chi connectivity index (χ0v) is 12.0. The molecule has 2 heterocycles. The predicted octanol–water partition coefficient (Wildman–Crippen LogP) is 2.34. The van der Waals surface area contributed by atoms with Crippen LogP contribution in [0, 0.1) is 0 Å². The van der Waals surface area contributed by atoms with Gasteiger partial charge in [-0.2, -0.15) is 4.37 Å². The number of esters is 1. The Morgan fingerprint density at radius 1 is 1.42 bits per heavy atom. The molecule has 19 heavy (non-hydrogen) atoms. The Labute approximate surface area is 117 Å². The molecule has 3 rings (SSSR count). The first-order valence-electron chi connectivity index (χ1n) is 7.06. The Morgan fingerprint density at radius 3 is 3.00 bits per heavy atom. The Kier molecular flexibility index (Phi) is 3.68. The first-order valence-corrected chi connectivity index (χ1v) is 7.84. The van der Waals surface area contributed by atoms with Crippen molar-refractivity contribution in [3.8, 4) is 0 Å². The maximum atomic E-state index is 12.0. The lowest BCUT2D eigenvalue weighted by Gasteiger charge is -2.33. The number of rotatable bonds is 4. The summed E-state index contributed by atoms with van der Waals surface area (Å²) in [5.74, 6) is 1.41. The van der Waals surface area contributed by atoms with Crippen LogP contribution in [0.1, 0.15) is 50.8 Å². The Morgan fingerprint density at radius 2 is 2.26 bits per heavy atom. The third-order valence-corrected chi connectivity index (χ3v) is 4.45. The molecule has 0 aromatic carbocycles. The summed E-state index contributed by atoms with van der Waals surface area (Å²) in [7, 11) is 0. The van der Waals surface area contributed by atoms with E-state index in [9.17, 15) is 4.79 Å². The molecule has 104 valence electrons. The first-order chi connectivity index (χ1) is 9.29. The summed E-state index contributed by atoms with van der Waals surface area (Å²) >= 11 is 1.42. The van der Waals surface area contributed by atoms with Crippen LogP contribution < -0.4 is 4.90 Å². The molecule has 1 unspecified atom stereocenters. The summed E-state index contributed by atoms with van der Waals surface area (Å²) < 4.78 is 9.61. The lowest BCUT2D eigenvalue weighted by Crippen LogP contribution is -2.45. The van der Waals surface area contributed by atoms with E-state index in [0.717, 1.165) is 36.8 Å². The molecule has 0 spiro atoms. The van der Waals surface area contributed by atoms with Gasteiger partial charge in [-0.05, 0) is 39.0 Å². The first kappa shape index (κ1) is 12.8. The third-order valence-electron chi connectivity index (χ3n) is 3.68. The topological polar surface area (TPSA) is 55.3 Å². The third kappa shape index (κ3) is 2.73. The number of anilines is 1. The van der Waals surface area contributed by atoms with E-state index in [1.54, 1.807) is 0 Å². The minimum absolute atomic E-state index is 0.120. The van der Waals surface area contributed by atoms with E-state index >= 15 is 0 Å². The summed E-state index contributed by atoms with van der Waals surface area (Å²) in [4.78, 5) is 18.7. The molecule has 2 aliphatic rings. The van der Waals surface area contributed by atoms with Gasteiger partial charge in [0.1, 0.15) is 11.9 Å². The zero-order valence-electron chi connectivity index (χ0n) is 11.2. The Hall–Kier alpha value is -1.17. The maximum absolute atomic E-state index is 12.0. The number of piperidine rings is 1. The largest absolute Gasteiger partial charge is 0.464 e. The fourth-order valence-corrected chi connectivity index (χ4v) is 3.32. The van der Waals surface area contributed by atoms with Crippen LogP contribution in [0.25, 0.3) is 0 Å². The molecular formula is C13H19N3O2S. The second kappa shape index (κ2) is 5.45. The minimum Gasteiger partial charge on any atom is -0.464 e. The van der Waals surface area contributed by atoms with Gasteiger partial charge in [-0.1, -0.05) is 0 Å². The molecule has 6 heteroatoms. The van der Waals surface area contributed by atoms with E-state index in [1.807, 2.05) is 6.92 Å². The molecule has 1 saturated carbocycles. The number of aromatic nitrogens is 2. The summed E-state index contributed by atoms with van der Waals surface area (Å²) in [5, 5.41) is 0.889. The highest BCUT2D eigenvalue weighted by molar-refractivity contribution is 7.09. The van der Waals surface area contributed by atoms with Gasteiger partial charge in [-0.25, -0.2) is 9.78 Å². The molecule has 1 aliphatic carbocycles. The molecule has 1 aromatic heterocycles. The smallest absolute Gasteiger partial charge is 0.328 e. The molecule has 0 N–H and O–H groups in total. The monoisotopic (exact) mass is 281 g/mol. The van der Waals surface area contributed by atoms with E-state index < -0.39 is 0 Å². The highest BCUT2D eigenvalue weighted by Gasteiger charge is 2.34. The van der Waals surface area contributed by atoms with Crippen LogP contribution in [0.2, 0.25) is 0 Å². The number of carbonyl (C=O) groups is 1. The van der Waals surface area contributed by atoms with E-state index in [4.69, 9.17) is 4.74 Å². The van der Waals surface area contributed by atoms with E-state index in [-0.39, 0.29) is 12.0 Å². The molecule has 1 aliphatic heterocycles. The van der Waals surface area contributed by atoms with Crippen molar-refractivity contribution in [1.29, 1.82) is 0 Å². The van der Waals surface area contributed by atoms with Gasteiger partial charge < -0.3 is 9.64 Å². The van der Waals surface area contributed by atoms with Crippen molar-refractivity contribution in [2.24, 2.45) is 0 Å². The SMILES string of the molecule is CCOC(=O)C1CCCCN1c1nc(C2CC2)ns1. The number of hydrogen-bond acceptors (Lipinski definition) is 6. The van der Waals surface area contributed by atoms with Crippen LogP contribution in [0.3, 0.4) is 0 Å². The quantitative estimate of drug-likeness (QED) is 0.793. The van der Waals surface area contributed by atoms with E-state index in [0.29, 0.717) is 12.5 Å². The maximum Gasteiger partial charge on any atom is 0.328 e. The highest BCUT2D eigenvalue weighted by atomic mass is 32.1. The molecule has 0 radical (unpaired) electrons. The van der Waals surface area contributed by atoms with Gasteiger partial charge in [0, 0.05) is 24.0 Å². The summed E-state index contributed by atoms with van der Waals surface area (Å²) in [6.45, 7) is 3.16. The van der Waals surface area contributed by atoms with E-state index in [2.05, 4.69) is 14.3 Å². The van der Waals surface area contributed by atoms with Crippen LogP contribution in [-0.4, -0.2) is 34.5 Å².